The smallest absolute Gasteiger partial charge is 0.331 e. The molecule has 0 aromatic rings. The molecule has 110 valence electrons. The van der Waals surface area contributed by atoms with Crippen molar-refractivity contribution in [2.45, 2.75) is 38.6 Å². The molecule has 2 aliphatic rings. The number of carbonyl (C=O) groups is 4. The van der Waals surface area contributed by atoms with E-state index in [-0.39, 0.29) is 11.9 Å². The lowest BCUT2D eigenvalue weighted by atomic mass is 9.96. The van der Waals surface area contributed by atoms with Crippen LogP contribution in [0.3, 0.4) is 0 Å². The van der Waals surface area contributed by atoms with Crippen LogP contribution in [-0.2, 0) is 14.4 Å². The van der Waals surface area contributed by atoms with Gasteiger partial charge in [-0.2, -0.15) is 0 Å². The molecule has 1 N–H and O–H groups in total. The average Bonchev–Trinajstić information content (AvgIpc) is 2.38. The quantitative estimate of drug-likeness (QED) is 0.743. The normalized spacial score (nSPS) is 27.9. The maximum absolute atomic E-state index is 12.4. The number of hydrogen-bond donors (Lipinski definition) is 1. The Morgan fingerprint density at radius 3 is 2.55 bits per heavy atom. The Hall–Kier alpha value is -1.92. The Labute approximate surface area is 117 Å². The lowest BCUT2D eigenvalue weighted by molar-refractivity contribution is -0.147. The molecule has 0 saturated carbocycles. The first-order chi connectivity index (χ1) is 9.45. The van der Waals surface area contributed by atoms with E-state index in [4.69, 9.17) is 0 Å². The minimum atomic E-state index is -0.791. The zero-order valence-electron chi connectivity index (χ0n) is 11.7. The fraction of sp³-hybridized carbons (Fsp3) is 0.692. The first-order valence-corrected chi connectivity index (χ1v) is 6.87. The first kappa shape index (κ1) is 14.5. The molecule has 2 unspecified atom stereocenters. The molecule has 0 spiro atoms. The predicted molar refractivity (Wildman–Crippen MR) is 69.4 cm³/mol. The number of carbonyl (C=O) groups excluding carboxylic acids is 4. The van der Waals surface area contributed by atoms with Crippen molar-refractivity contribution in [2.75, 3.05) is 13.6 Å². The average molecular weight is 281 g/mol. The van der Waals surface area contributed by atoms with Crippen LogP contribution in [0.5, 0.6) is 0 Å². The van der Waals surface area contributed by atoms with Gasteiger partial charge in [0.2, 0.25) is 17.7 Å². The molecule has 2 rings (SSSR count). The molecule has 0 aliphatic carbocycles. The second-order valence-corrected chi connectivity index (χ2v) is 5.31. The standard InChI is InChI=1S/C13H19N3O4/c1-3-4-9-11(18)14-13(20)16(12(9)19)8-5-6-10(17)15(2)7-8/h8-9H,3-7H2,1-2H3,(H,14,18,20). The van der Waals surface area contributed by atoms with Gasteiger partial charge in [0, 0.05) is 20.0 Å². The van der Waals surface area contributed by atoms with E-state index in [1.54, 1.807) is 7.05 Å². The molecule has 20 heavy (non-hydrogen) atoms. The topological polar surface area (TPSA) is 86.8 Å². The van der Waals surface area contributed by atoms with Crippen LogP contribution in [0, 0.1) is 5.92 Å². The summed E-state index contributed by atoms with van der Waals surface area (Å²) < 4.78 is 0. The number of piperidine rings is 1. The van der Waals surface area contributed by atoms with Crippen LogP contribution in [0.15, 0.2) is 0 Å². The summed E-state index contributed by atoms with van der Waals surface area (Å²) in [7, 11) is 1.65. The summed E-state index contributed by atoms with van der Waals surface area (Å²) in [6.45, 7) is 2.21. The van der Waals surface area contributed by atoms with Gasteiger partial charge >= 0.3 is 6.03 Å². The Morgan fingerprint density at radius 2 is 1.95 bits per heavy atom. The lowest BCUT2D eigenvalue weighted by Gasteiger charge is -2.39. The number of likely N-dealkylation sites (N-methyl/N-ethyl adjacent to an activating group) is 1. The van der Waals surface area contributed by atoms with E-state index in [1.807, 2.05) is 6.92 Å². The maximum atomic E-state index is 12.4. The Kier molecular flexibility index (Phi) is 4.06. The summed E-state index contributed by atoms with van der Waals surface area (Å²) in [5.41, 5.74) is 0. The number of barbiturate groups is 1. The van der Waals surface area contributed by atoms with Gasteiger partial charge in [-0.05, 0) is 12.8 Å². The molecule has 7 nitrogen and oxygen atoms in total. The minimum Gasteiger partial charge on any atom is -0.344 e. The van der Waals surface area contributed by atoms with E-state index in [2.05, 4.69) is 5.32 Å². The highest BCUT2D eigenvalue weighted by Crippen LogP contribution is 2.23. The molecule has 2 atom stereocenters. The highest BCUT2D eigenvalue weighted by Gasteiger charge is 2.44. The van der Waals surface area contributed by atoms with Gasteiger partial charge in [0.1, 0.15) is 5.92 Å². The summed E-state index contributed by atoms with van der Waals surface area (Å²) in [4.78, 5) is 50.1. The molecule has 2 fully saturated rings. The van der Waals surface area contributed by atoms with Gasteiger partial charge in [-0.25, -0.2) is 4.79 Å². The maximum Gasteiger partial charge on any atom is 0.331 e. The highest BCUT2D eigenvalue weighted by molar-refractivity contribution is 6.16. The van der Waals surface area contributed by atoms with Crippen molar-refractivity contribution in [1.82, 2.24) is 15.1 Å². The summed E-state index contributed by atoms with van der Waals surface area (Å²) in [6, 6.07) is -1.02. The number of imide groups is 2. The number of hydrogen-bond acceptors (Lipinski definition) is 4. The predicted octanol–water partition coefficient (Wildman–Crippen LogP) is 0.102. The number of nitrogens with zero attached hydrogens (tertiary/aromatic N) is 2. The minimum absolute atomic E-state index is 0.00676. The molecule has 2 aliphatic heterocycles. The number of nitrogens with one attached hydrogen (secondary N) is 1. The second kappa shape index (κ2) is 5.60. The van der Waals surface area contributed by atoms with Gasteiger partial charge in [-0.3, -0.25) is 24.6 Å². The van der Waals surface area contributed by atoms with E-state index < -0.39 is 23.8 Å². The van der Waals surface area contributed by atoms with E-state index in [1.165, 1.54) is 4.90 Å². The van der Waals surface area contributed by atoms with Crippen LogP contribution in [0.1, 0.15) is 32.6 Å². The van der Waals surface area contributed by atoms with Crippen LogP contribution in [0.2, 0.25) is 0 Å². The van der Waals surface area contributed by atoms with Gasteiger partial charge in [-0.15, -0.1) is 0 Å². The number of urea groups is 1. The van der Waals surface area contributed by atoms with Crippen molar-refractivity contribution < 1.29 is 19.2 Å². The molecular weight excluding hydrogens is 262 g/mol. The van der Waals surface area contributed by atoms with Crippen molar-refractivity contribution in [3.05, 3.63) is 0 Å². The molecule has 0 radical (unpaired) electrons. The van der Waals surface area contributed by atoms with Gasteiger partial charge in [0.05, 0.1) is 6.04 Å². The fourth-order valence-corrected chi connectivity index (χ4v) is 2.72. The van der Waals surface area contributed by atoms with E-state index in [9.17, 15) is 19.2 Å². The third-order valence-corrected chi connectivity index (χ3v) is 3.85. The third kappa shape index (κ3) is 2.52. The van der Waals surface area contributed by atoms with Crippen molar-refractivity contribution in [2.24, 2.45) is 5.92 Å². The van der Waals surface area contributed by atoms with E-state index >= 15 is 0 Å². The van der Waals surface area contributed by atoms with E-state index in [0.29, 0.717) is 32.2 Å². The molecule has 0 bridgehead atoms. The molecule has 0 aromatic heterocycles. The number of rotatable bonds is 3. The van der Waals surface area contributed by atoms with Crippen molar-refractivity contribution >= 4 is 23.8 Å². The summed E-state index contributed by atoms with van der Waals surface area (Å²) in [6.07, 6.45) is 1.88. The van der Waals surface area contributed by atoms with E-state index in [0.717, 1.165) is 4.90 Å². The molecule has 2 saturated heterocycles. The lowest BCUT2D eigenvalue weighted by Crippen LogP contribution is -2.63. The van der Waals surface area contributed by atoms with Crippen LogP contribution < -0.4 is 5.32 Å². The second-order valence-electron chi connectivity index (χ2n) is 5.31. The van der Waals surface area contributed by atoms with Crippen molar-refractivity contribution in [3.8, 4) is 0 Å². The number of amides is 5. The Balaban J connectivity index is 2.17. The molecule has 0 aromatic carbocycles. The zero-order valence-corrected chi connectivity index (χ0v) is 11.7. The first-order valence-electron chi connectivity index (χ1n) is 6.87. The van der Waals surface area contributed by atoms with Crippen molar-refractivity contribution in [3.63, 3.8) is 0 Å². The molecular formula is C13H19N3O4. The fourth-order valence-electron chi connectivity index (χ4n) is 2.72. The van der Waals surface area contributed by atoms with Gasteiger partial charge < -0.3 is 4.90 Å². The monoisotopic (exact) mass is 281 g/mol. The SMILES string of the molecule is CCCC1C(=O)NC(=O)N(C2CCC(=O)N(C)C2)C1=O. The molecule has 7 heteroatoms. The Bertz CT molecular complexity index is 463. The van der Waals surface area contributed by atoms with Gasteiger partial charge in [0.25, 0.3) is 0 Å². The van der Waals surface area contributed by atoms with Gasteiger partial charge in [-0.1, -0.05) is 13.3 Å². The molecule has 2 heterocycles. The van der Waals surface area contributed by atoms with Crippen LogP contribution in [0.4, 0.5) is 4.79 Å². The van der Waals surface area contributed by atoms with Crippen molar-refractivity contribution in [1.29, 1.82) is 0 Å². The largest absolute Gasteiger partial charge is 0.344 e. The molecule has 5 amide bonds. The third-order valence-electron chi connectivity index (χ3n) is 3.85. The summed E-state index contributed by atoms with van der Waals surface area (Å²) in [5, 5.41) is 2.24. The summed E-state index contributed by atoms with van der Waals surface area (Å²) in [5.74, 6) is -1.74. The van der Waals surface area contributed by atoms with Crippen LogP contribution in [0.25, 0.3) is 0 Å². The van der Waals surface area contributed by atoms with Gasteiger partial charge in [0.15, 0.2) is 0 Å². The highest BCUT2D eigenvalue weighted by atomic mass is 16.2. The Morgan fingerprint density at radius 1 is 1.25 bits per heavy atom. The van der Waals surface area contributed by atoms with Crippen LogP contribution >= 0.6 is 0 Å². The number of likely N-dealkylation sites (tertiary alicyclic amines) is 1. The van der Waals surface area contributed by atoms with Crippen LogP contribution in [-0.4, -0.2) is 53.2 Å². The summed E-state index contributed by atoms with van der Waals surface area (Å²) >= 11 is 0. The zero-order chi connectivity index (χ0) is 14.9.